The maximum atomic E-state index is 12.7. The number of anilines is 1. The fourth-order valence-electron chi connectivity index (χ4n) is 1.88. The normalized spacial score (nSPS) is 11.4. The Morgan fingerprint density at radius 3 is 2.60 bits per heavy atom. The van der Waals surface area contributed by atoms with Gasteiger partial charge in [0, 0.05) is 23.4 Å². The minimum Gasteiger partial charge on any atom is -0.306 e. The molecular weight excluding hydrogens is 339 g/mol. The second kappa shape index (κ2) is 7.58. The van der Waals surface area contributed by atoms with Crippen molar-refractivity contribution in [2.45, 2.75) is 6.18 Å². The molecule has 0 unspecified atom stereocenters. The molecule has 130 valence electrons. The van der Waals surface area contributed by atoms with E-state index in [0.29, 0.717) is 5.56 Å². The van der Waals surface area contributed by atoms with Crippen LogP contribution in [0.2, 0.25) is 0 Å². The van der Waals surface area contributed by atoms with Crippen LogP contribution in [0.1, 0.15) is 21.5 Å². The molecule has 0 bridgehead atoms. The minimum absolute atomic E-state index is 0.0481. The molecule has 0 aliphatic rings. The summed E-state index contributed by atoms with van der Waals surface area (Å²) in [4.78, 5) is 27.1. The van der Waals surface area contributed by atoms with Gasteiger partial charge in [0.2, 0.25) is 0 Å². The molecule has 3 N–H and O–H groups in total. The molecule has 2 amide bonds. The third kappa shape index (κ3) is 4.88. The first kappa shape index (κ1) is 18.1. The molecule has 0 radical (unpaired) electrons. The largest absolute Gasteiger partial charge is 0.416 e. The zero-order valence-electron chi connectivity index (χ0n) is 12.5. The number of benzene rings is 1. The van der Waals surface area contributed by atoms with Crippen LogP contribution in [0, 0.1) is 0 Å². The smallest absolute Gasteiger partial charge is 0.306 e. The molecule has 0 aliphatic heterocycles. The average Bonchev–Trinajstić information content (AvgIpc) is 2.60. The Kier molecular flexibility index (Phi) is 5.50. The van der Waals surface area contributed by atoms with Crippen molar-refractivity contribution in [1.82, 2.24) is 10.5 Å². The van der Waals surface area contributed by atoms with Crippen molar-refractivity contribution in [2.24, 2.45) is 0 Å². The summed E-state index contributed by atoms with van der Waals surface area (Å²) in [6.07, 6.45) is -0.921. The number of hydrogen-bond acceptors (Lipinski definition) is 4. The number of nitrogens with one attached hydrogen (secondary N) is 2. The lowest BCUT2D eigenvalue weighted by atomic mass is 10.1. The van der Waals surface area contributed by atoms with Gasteiger partial charge in [-0.05, 0) is 36.4 Å². The third-order valence-corrected chi connectivity index (χ3v) is 3.05. The van der Waals surface area contributed by atoms with Crippen LogP contribution in [0.5, 0.6) is 0 Å². The first-order valence-corrected chi connectivity index (χ1v) is 6.87. The number of pyridine rings is 1. The Morgan fingerprint density at radius 1 is 1.16 bits per heavy atom. The van der Waals surface area contributed by atoms with Crippen LogP contribution in [-0.4, -0.2) is 22.0 Å². The molecule has 1 aromatic carbocycles. The summed E-state index contributed by atoms with van der Waals surface area (Å²) in [6.45, 7) is 0. The number of aromatic nitrogens is 1. The Labute approximate surface area is 140 Å². The summed E-state index contributed by atoms with van der Waals surface area (Å²) in [5.41, 5.74) is 0.592. The third-order valence-electron chi connectivity index (χ3n) is 3.05. The summed E-state index contributed by atoms with van der Waals surface area (Å²) < 4.78 is 38.2. The highest BCUT2D eigenvalue weighted by molar-refractivity contribution is 6.05. The molecule has 1 aromatic heterocycles. The van der Waals surface area contributed by atoms with Gasteiger partial charge in [-0.25, -0.2) is 10.5 Å². The molecule has 0 saturated carbocycles. The van der Waals surface area contributed by atoms with Crippen molar-refractivity contribution in [3.8, 4) is 0 Å². The molecule has 9 heteroatoms. The van der Waals surface area contributed by atoms with E-state index in [0.717, 1.165) is 24.3 Å². The number of alkyl halides is 3. The van der Waals surface area contributed by atoms with Crippen LogP contribution in [0.4, 0.5) is 19.0 Å². The molecule has 0 atom stereocenters. The van der Waals surface area contributed by atoms with Gasteiger partial charge in [-0.2, -0.15) is 13.2 Å². The molecule has 0 spiro atoms. The summed E-state index contributed by atoms with van der Waals surface area (Å²) in [5, 5.41) is 10.8. The summed E-state index contributed by atoms with van der Waals surface area (Å²) in [7, 11) is 0. The van der Waals surface area contributed by atoms with E-state index in [1.54, 1.807) is 0 Å². The SMILES string of the molecule is O=C(C=Cc1cccnc1NC(=O)c1cccc(C(F)(F)F)c1)NO. The molecule has 25 heavy (non-hydrogen) atoms. The summed E-state index contributed by atoms with van der Waals surface area (Å²) in [6, 6.07) is 7.02. The van der Waals surface area contributed by atoms with Gasteiger partial charge in [-0.15, -0.1) is 0 Å². The lowest BCUT2D eigenvalue weighted by Gasteiger charge is -2.10. The fourth-order valence-corrected chi connectivity index (χ4v) is 1.88. The van der Waals surface area contributed by atoms with Crippen LogP contribution >= 0.6 is 0 Å². The molecule has 0 saturated heterocycles. The Bertz CT molecular complexity index is 820. The fraction of sp³-hybridized carbons (Fsp3) is 0.0625. The molecule has 0 fully saturated rings. The van der Waals surface area contributed by atoms with E-state index in [1.165, 1.54) is 36.0 Å². The maximum Gasteiger partial charge on any atom is 0.416 e. The number of carbonyl (C=O) groups excluding carboxylic acids is 2. The molecule has 6 nitrogen and oxygen atoms in total. The van der Waals surface area contributed by atoms with Crippen molar-refractivity contribution < 1.29 is 28.0 Å². The van der Waals surface area contributed by atoms with E-state index >= 15 is 0 Å². The topological polar surface area (TPSA) is 91.3 Å². The lowest BCUT2D eigenvalue weighted by molar-refractivity contribution is -0.137. The molecular formula is C16H12F3N3O3. The minimum atomic E-state index is -4.56. The first-order valence-electron chi connectivity index (χ1n) is 6.87. The molecule has 0 aliphatic carbocycles. The Morgan fingerprint density at radius 2 is 1.92 bits per heavy atom. The number of hydrogen-bond donors (Lipinski definition) is 3. The van der Waals surface area contributed by atoms with Crippen molar-refractivity contribution in [3.05, 3.63) is 65.4 Å². The predicted molar refractivity (Wildman–Crippen MR) is 82.6 cm³/mol. The lowest BCUT2D eigenvalue weighted by Crippen LogP contribution is -2.16. The highest BCUT2D eigenvalue weighted by atomic mass is 19.4. The van der Waals surface area contributed by atoms with Crippen LogP contribution in [-0.2, 0) is 11.0 Å². The quantitative estimate of drug-likeness (QED) is 0.449. The van der Waals surface area contributed by atoms with Crippen molar-refractivity contribution in [1.29, 1.82) is 0 Å². The Hall–Kier alpha value is -3.20. The number of nitrogens with zero attached hydrogens (tertiary/aromatic N) is 1. The maximum absolute atomic E-state index is 12.7. The van der Waals surface area contributed by atoms with Gasteiger partial charge < -0.3 is 5.32 Å². The predicted octanol–water partition coefficient (Wildman–Crippen LogP) is 2.87. The van der Waals surface area contributed by atoms with Gasteiger partial charge >= 0.3 is 6.18 Å². The zero-order chi connectivity index (χ0) is 18.4. The number of rotatable bonds is 4. The summed E-state index contributed by atoms with van der Waals surface area (Å²) in [5.74, 6) is -1.53. The second-order valence-corrected chi connectivity index (χ2v) is 4.78. The molecule has 2 aromatic rings. The standard InChI is InChI=1S/C16H12F3N3O3/c17-16(18,19)12-5-1-3-11(9-12)15(24)21-14-10(4-2-8-20-14)6-7-13(23)22-25/h1-9,25H,(H,22,23)(H,20,21,24). The van der Waals surface area contributed by atoms with E-state index in [2.05, 4.69) is 10.3 Å². The van der Waals surface area contributed by atoms with E-state index < -0.39 is 23.6 Å². The van der Waals surface area contributed by atoms with E-state index in [1.807, 2.05) is 0 Å². The van der Waals surface area contributed by atoms with Gasteiger partial charge in [0.25, 0.3) is 11.8 Å². The van der Waals surface area contributed by atoms with Crippen molar-refractivity contribution >= 4 is 23.7 Å². The molecule has 2 rings (SSSR count). The van der Waals surface area contributed by atoms with Gasteiger partial charge in [0.05, 0.1) is 5.56 Å². The summed E-state index contributed by atoms with van der Waals surface area (Å²) >= 11 is 0. The van der Waals surface area contributed by atoms with Crippen LogP contribution in [0.15, 0.2) is 48.7 Å². The second-order valence-electron chi connectivity index (χ2n) is 4.78. The van der Waals surface area contributed by atoms with Crippen LogP contribution in [0.25, 0.3) is 6.08 Å². The zero-order valence-corrected chi connectivity index (χ0v) is 12.5. The highest BCUT2D eigenvalue weighted by Crippen LogP contribution is 2.29. The number of carbonyl (C=O) groups is 2. The number of amides is 2. The van der Waals surface area contributed by atoms with Gasteiger partial charge in [0.1, 0.15) is 5.82 Å². The highest BCUT2D eigenvalue weighted by Gasteiger charge is 2.30. The van der Waals surface area contributed by atoms with Crippen LogP contribution in [0.3, 0.4) is 0 Å². The molecule has 1 heterocycles. The van der Waals surface area contributed by atoms with E-state index in [9.17, 15) is 22.8 Å². The van der Waals surface area contributed by atoms with E-state index in [4.69, 9.17) is 5.21 Å². The monoisotopic (exact) mass is 351 g/mol. The Balaban J connectivity index is 2.24. The van der Waals surface area contributed by atoms with Gasteiger partial charge in [-0.1, -0.05) is 6.07 Å². The van der Waals surface area contributed by atoms with Crippen molar-refractivity contribution in [3.63, 3.8) is 0 Å². The number of hydroxylamine groups is 1. The average molecular weight is 351 g/mol. The van der Waals surface area contributed by atoms with Gasteiger partial charge in [0.15, 0.2) is 0 Å². The van der Waals surface area contributed by atoms with E-state index in [-0.39, 0.29) is 11.4 Å². The van der Waals surface area contributed by atoms with Crippen LogP contribution < -0.4 is 10.8 Å². The number of halogens is 3. The van der Waals surface area contributed by atoms with Crippen molar-refractivity contribution in [2.75, 3.05) is 5.32 Å². The van der Waals surface area contributed by atoms with Gasteiger partial charge in [-0.3, -0.25) is 14.8 Å². The first-order chi connectivity index (χ1) is 11.8.